The van der Waals surface area contributed by atoms with Crippen LogP contribution < -0.4 is 4.74 Å². The highest BCUT2D eigenvalue weighted by atomic mass is 35.5. The second kappa shape index (κ2) is 4.10. The molecule has 3 heterocycles. The molecule has 3 unspecified atom stereocenters. The van der Waals surface area contributed by atoms with E-state index < -0.39 is 0 Å². The molecule has 0 amide bonds. The Labute approximate surface area is 106 Å². The topological polar surface area (TPSA) is 38.2 Å². The van der Waals surface area contributed by atoms with E-state index in [1.807, 2.05) is 6.92 Å². The zero-order chi connectivity index (χ0) is 11.9. The van der Waals surface area contributed by atoms with Crippen LogP contribution in [0.2, 0.25) is 0 Å². The molecule has 5 heteroatoms. The van der Waals surface area contributed by atoms with Crippen LogP contribution in [0.4, 0.5) is 0 Å². The molecule has 0 saturated carbocycles. The molecular weight excluding hydrogens is 238 g/mol. The first-order chi connectivity index (χ1) is 8.22. The predicted molar refractivity (Wildman–Crippen MR) is 65.3 cm³/mol. The standard InChI is InChI=1S/C12H16ClN3O/c1-2-17-11-6-14-5-10(15-11)12(13)8-16-4-3-9(12)7-16/h5-6,9H,2-4,7-8H2,1H3. The van der Waals surface area contributed by atoms with Gasteiger partial charge in [0.1, 0.15) is 4.87 Å². The Hall–Kier alpha value is -0.870. The number of hydrogen-bond acceptors (Lipinski definition) is 4. The number of rotatable bonds is 3. The van der Waals surface area contributed by atoms with Crippen LogP contribution in [-0.2, 0) is 4.87 Å². The molecule has 2 fully saturated rings. The molecule has 0 aliphatic carbocycles. The summed E-state index contributed by atoms with van der Waals surface area (Å²) in [5.74, 6) is 1.07. The quantitative estimate of drug-likeness (QED) is 0.768. The smallest absolute Gasteiger partial charge is 0.232 e. The number of fused-ring (bicyclic) bond motifs is 2. The third-order valence-corrected chi connectivity index (χ3v) is 4.33. The highest BCUT2D eigenvalue weighted by molar-refractivity contribution is 6.24. The molecule has 1 aromatic heterocycles. The summed E-state index contributed by atoms with van der Waals surface area (Å²) in [5, 5.41) is 0. The SMILES string of the molecule is CCOc1cncc(C2(Cl)CN3CCC2C3)n1. The summed E-state index contributed by atoms with van der Waals surface area (Å²) in [5.41, 5.74) is 0.859. The maximum Gasteiger partial charge on any atom is 0.232 e. The average molecular weight is 254 g/mol. The van der Waals surface area contributed by atoms with Crippen LogP contribution in [0.25, 0.3) is 0 Å². The van der Waals surface area contributed by atoms with Crippen LogP contribution in [0.1, 0.15) is 19.0 Å². The molecule has 0 aromatic carbocycles. The molecule has 3 atom stereocenters. The zero-order valence-electron chi connectivity index (χ0n) is 9.90. The number of ether oxygens (including phenoxy) is 1. The lowest BCUT2D eigenvalue weighted by Gasteiger charge is -2.30. The molecule has 3 rings (SSSR count). The monoisotopic (exact) mass is 253 g/mol. The molecule has 0 radical (unpaired) electrons. The second-order valence-electron chi connectivity index (χ2n) is 4.76. The van der Waals surface area contributed by atoms with Crippen molar-refractivity contribution < 1.29 is 4.74 Å². The van der Waals surface area contributed by atoms with Crippen LogP contribution in [-0.4, -0.2) is 41.1 Å². The molecule has 17 heavy (non-hydrogen) atoms. The Morgan fingerprint density at radius 1 is 1.59 bits per heavy atom. The highest BCUT2D eigenvalue weighted by Gasteiger charge is 2.51. The van der Waals surface area contributed by atoms with E-state index in [1.165, 1.54) is 0 Å². The van der Waals surface area contributed by atoms with Crippen LogP contribution in [0.3, 0.4) is 0 Å². The van der Waals surface area contributed by atoms with Gasteiger partial charge in [-0.25, -0.2) is 4.98 Å². The molecule has 0 N–H and O–H groups in total. The summed E-state index contributed by atoms with van der Waals surface area (Å²) in [6.07, 6.45) is 4.57. The van der Waals surface area contributed by atoms with Gasteiger partial charge in [-0.15, -0.1) is 11.6 Å². The first kappa shape index (κ1) is 11.2. The van der Waals surface area contributed by atoms with E-state index in [1.54, 1.807) is 12.4 Å². The van der Waals surface area contributed by atoms with E-state index in [0.29, 0.717) is 18.4 Å². The summed E-state index contributed by atoms with van der Waals surface area (Å²) in [6, 6.07) is 0. The van der Waals surface area contributed by atoms with Crippen molar-refractivity contribution in [1.82, 2.24) is 14.9 Å². The molecule has 2 aliphatic heterocycles. The number of hydrogen-bond donors (Lipinski definition) is 0. The molecule has 2 bridgehead atoms. The Morgan fingerprint density at radius 3 is 3.12 bits per heavy atom. The van der Waals surface area contributed by atoms with E-state index in [2.05, 4.69) is 14.9 Å². The van der Waals surface area contributed by atoms with Crippen molar-refractivity contribution in [2.75, 3.05) is 26.2 Å². The van der Waals surface area contributed by atoms with Gasteiger partial charge < -0.3 is 9.64 Å². The van der Waals surface area contributed by atoms with Crippen molar-refractivity contribution in [3.8, 4) is 5.88 Å². The van der Waals surface area contributed by atoms with Crippen LogP contribution in [0.5, 0.6) is 5.88 Å². The van der Waals surface area contributed by atoms with E-state index in [0.717, 1.165) is 31.7 Å². The van der Waals surface area contributed by atoms with Gasteiger partial charge in [0.2, 0.25) is 5.88 Å². The van der Waals surface area contributed by atoms with Crippen molar-refractivity contribution in [2.24, 2.45) is 5.92 Å². The Balaban J connectivity index is 1.90. The third kappa shape index (κ3) is 1.79. The minimum Gasteiger partial charge on any atom is -0.477 e. The molecular formula is C12H16ClN3O. The lowest BCUT2D eigenvalue weighted by molar-refractivity contribution is 0.306. The van der Waals surface area contributed by atoms with Gasteiger partial charge >= 0.3 is 0 Å². The number of aromatic nitrogens is 2. The van der Waals surface area contributed by atoms with Crippen molar-refractivity contribution in [1.29, 1.82) is 0 Å². The van der Waals surface area contributed by atoms with Crippen LogP contribution in [0.15, 0.2) is 12.4 Å². The average Bonchev–Trinajstić information content (AvgIpc) is 2.90. The molecule has 4 nitrogen and oxygen atoms in total. The number of halogens is 1. The summed E-state index contributed by atoms with van der Waals surface area (Å²) < 4.78 is 5.39. The highest BCUT2D eigenvalue weighted by Crippen LogP contribution is 2.47. The third-order valence-electron chi connectivity index (χ3n) is 3.70. The Kier molecular flexibility index (Phi) is 2.71. The van der Waals surface area contributed by atoms with E-state index in [9.17, 15) is 0 Å². The van der Waals surface area contributed by atoms with Gasteiger partial charge in [0, 0.05) is 13.1 Å². The summed E-state index contributed by atoms with van der Waals surface area (Å²) in [7, 11) is 0. The zero-order valence-corrected chi connectivity index (χ0v) is 10.7. The van der Waals surface area contributed by atoms with Gasteiger partial charge in [-0.3, -0.25) is 4.98 Å². The van der Waals surface area contributed by atoms with Gasteiger partial charge in [-0.05, 0) is 25.8 Å². The first-order valence-electron chi connectivity index (χ1n) is 6.09. The predicted octanol–water partition coefficient (Wildman–Crippen LogP) is 1.64. The largest absolute Gasteiger partial charge is 0.477 e. The Bertz CT molecular complexity index is 428. The van der Waals surface area contributed by atoms with Crippen molar-refractivity contribution in [2.45, 2.75) is 18.2 Å². The lowest BCUT2D eigenvalue weighted by atomic mass is 9.89. The Morgan fingerprint density at radius 2 is 2.47 bits per heavy atom. The fourth-order valence-corrected chi connectivity index (χ4v) is 3.30. The van der Waals surface area contributed by atoms with Crippen molar-refractivity contribution in [3.05, 3.63) is 18.1 Å². The molecule has 2 aliphatic rings. The van der Waals surface area contributed by atoms with Gasteiger partial charge in [-0.1, -0.05) is 0 Å². The van der Waals surface area contributed by atoms with Crippen molar-refractivity contribution >= 4 is 11.6 Å². The summed E-state index contributed by atoms with van der Waals surface area (Å²) >= 11 is 6.77. The second-order valence-corrected chi connectivity index (χ2v) is 5.43. The number of nitrogens with zero attached hydrogens (tertiary/aromatic N) is 3. The van der Waals surface area contributed by atoms with Crippen molar-refractivity contribution in [3.63, 3.8) is 0 Å². The van der Waals surface area contributed by atoms with E-state index >= 15 is 0 Å². The maximum atomic E-state index is 6.77. The van der Waals surface area contributed by atoms with Crippen LogP contribution >= 0.6 is 11.6 Å². The number of piperidine rings is 1. The number of alkyl halides is 1. The molecule has 0 spiro atoms. The minimum atomic E-state index is -0.363. The fourth-order valence-electron chi connectivity index (χ4n) is 2.86. The normalized spacial score (nSPS) is 35.2. The van der Waals surface area contributed by atoms with E-state index in [4.69, 9.17) is 16.3 Å². The van der Waals surface area contributed by atoms with Gasteiger partial charge in [0.15, 0.2) is 0 Å². The van der Waals surface area contributed by atoms with Gasteiger partial charge in [0.05, 0.1) is 24.7 Å². The lowest BCUT2D eigenvalue weighted by Crippen LogP contribution is -2.35. The molecule has 92 valence electrons. The van der Waals surface area contributed by atoms with E-state index in [-0.39, 0.29) is 4.87 Å². The van der Waals surface area contributed by atoms with Crippen LogP contribution in [0, 0.1) is 5.92 Å². The molecule has 2 saturated heterocycles. The summed E-state index contributed by atoms with van der Waals surface area (Å²) in [4.78, 5) is 10.7. The van der Waals surface area contributed by atoms with Gasteiger partial charge in [0.25, 0.3) is 0 Å². The van der Waals surface area contributed by atoms with Gasteiger partial charge in [-0.2, -0.15) is 0 Å². The first-order valence-corrected chi connectivity index (χ1v) is 6.47. The maximum absolute atomic E-state index is 6.77. The summed E-state index contributed by atoms with van der Waals surface area (Å²) in [6.45, 7) is 5.67. The molecule has 1 aromatic rings. The minimum absolute atomic E-state index is 0.363. The fraction of sp³-hybridized carbons (Fsp3) is 0.667.